The van der Waals surface area contributed by atoms with Gasteiger partial charge in [-0.05, 0) is 45.0 Å². The zero-order valence-electron chi connectivity index (χ0n) is 18.5. The van der Waals surface area contributed by atoms with E-state index in [2.05, 4.69) is 4.99 Å². The SMILES string of the molecule is CC=N/C(=C\C)C(=O)NS(=O)(=O)c1ccccc1Cl.Cc1cc(C(C)(F)F)cc(C(F)(F)F)c1. The predicted molar refractivity (Wildman–Crippen MR) is 120 cm³/mol. The van der Waals surface area contributed by atoms with Crippen molar-refractivity contribution in [1.29, 1.82) is 0 Å². The molecule has 0 spiro atoms. The monoisotopic (exact) mass is 524 g/mol. The van der Waals surface area contributed by atoms with Crippen LogP contribution in [0.25, 0.3) is 0 Å². The number of hydrogen-bond acceptors (Lipinski definition) is 4. The summed E-state index contributed by atoms with van der Waals surface area (Å²) >= 11 is 5.79. The normalized spacial score (nSPS) is 12.8. The van der Waals surface area contributed by atoms with Crippen molar-refractivity contribution in [2.75, 3.05) is 0 Å². The number of hydrogen-bond donors (Lipinski definition) is 1. The number of carbonyl (C=O) groups is 1. The van der Waals surface area contributed by atoms with Gasteiger partial charge in [0.2, 0.25) is 0 Å². The fraction of sp³-hybridized carbons (Fsp3) is 0.273. The maximum Gasteiger partial charge on any atom is 0.416 e. The van der Waals surface area contributed by atoms with Crippen molar-refractivity contribution in [2.45, 2.75) is 44.7 Å². The molecule has 0 bridgehead atoms. The molecule has 2 rings (SSSR count). The van der Waals surface area contributed by atoms with Crippen molar-refractivity contribution in [2.24, 2.45) is 4.99 Å². The van der Waals surface area contributed by atoms with E-state index in [1.807, 2.05) is 4.72 Å². The minimum absolute atomic E-state index is 0.0122. The van der Waals surface area contributed by atoms with Gasteiger partial charge in [0, 0.05) is 18.7 Å². The molecule has 5 nitrogen and oxygen atoms in total. The number of alkyl halides is 5. The Morgan fingerprint density at radius 3 is 2.06 bits per heavy atom. The predicted octanol–water partition coefficient (Wildman–Crippen LogP) is 6.26. The molecule has 2 aromatic rings. The molecule has 2 aromatic carbocycles. The number of aryl methyl sites for hydroxylation is 1. The summed E-state index contributed by atoms with van der Waals surface area (Å²) < 4.78 is 88.4. The summed E-state index contributed by atoms with van der Waals surface area (Å²) in [7, 11) is -4.01. The molecule has 0 saturated carbocycles. The number of aliphatic imine (C=N–C) groups is 1. The summed E-state index contributed by atoms with van der Waals surface area (Å²) in [6.07, 6.45) is -1.78. The molecule has 0 radical (unpaired) electrons. The van der Waals surface area contributed by atoms with Crippen LogP contribution in [0.15, 0.2) is 64.1 Å². The summed E-state index contributed by atoms with van der Waals surface area (Å²) in [5.74, 6) is -4.06. The van der Waals surface area contributed by atoms with E-state index in [4.69, 9.17) is 11.6 Å². The standard InChI is InChI=1S/C12H13ClN2O3S.C10H9F5/c1-3-10(14-4-2)12(16)15-19(17,18)11-8-6-5-7-9(11)13;1-6-3-7(9(2,11)12)5-8(4-6)10(13,14)15/h3-8H,1-2H3,(H,15,16);3-5H,1-2H3/b10-3-,14-4?;. The number of halogens is 6. The van der Waals surface area contributed by atoms with Crippen LogP contribution in [0.1, 0.15) is 37.5 Å². The summed E-state index contributed by atoms with van der Waals surface area (Å²) in [6, 6.07) is 8.24. The topological polar surface area (TPSA) is 75.6 Å². The number of sulfonamides is 1. The van der Waals surface area contributed by atoms with Crippen LogP contribution in [0, 0.1) is 6.92 Å². The third kappa shape index (κ3) is 8.53. The lowest BCUT2D eigenvalue weighted by Crippen LogP contribution is -2.31. The largest absolute Gasteiger partial charge is 0.416 e. The fourth-order valence-electron chi connectivity index (χ4n) is 2.50. The van der Waals surface area contributed by atoms with Gasteiger partial charge < -0.3 is 0 Å². The van der Waals surface area contributed by atoms with E-state index >= 15 is 0 Å². The first-order valence-corrected chi connectivity index (χ1v) is 11.4. The van der Waals surface area contributed by atoms with Gasteiger partial charge in [-0.25, -0.2) is 21.9 Å². The minimum Gasteiger partial charge on any atom is -0.266 e. The lowest BCUT2D eigenvalue weighted by Gasteiger charge is -2.14. The summed E-state index contributed by atoms with van der Waals surface area (Å²) in [6.45, 7) is 5.13. The molecule has 0 aliphatic carbocycles. The van der Waals surface area contributed by atoms with Crippen molar-refractivity contribution in [3.63, 3.8) is 0 Å². The Kier molecular flexibility index (Phi) is 9.95. The summed E-state index contributed by atoms with van der Waals surface area (Å²) in [5, 5.41) is 0.0452. The van der Waals surface area contributed by atoms with Crippen LogP contribution in [0.2, 0.25) is 5.02 Å². The second-order valence-electron chi connectivity index (χ2n) is 6.90. The van der Waals surface area contributed by atoms with Crippen LogP contribution in [0.5, 0.6) is 0 Å². The molecule has 0 saturated heterocycles. The van der Waals surface area contributed by atoms with Gasteiger partial charge in [0.1, 0.15) is 10.6 Å². The summed E-state index contributed by atoms with van der Waals surface area (Å²) in [5.41, 5.74) is -1.48. The van der Waals surface area contributed by atoms with Gasteiger partial charge in [-0.1, -0.05) is 41.4 Å². The number of nitrogens with one attached hydrogen (secondary N) is 1. The van der Waals surface area contributed by atoms with Crippen LogP contribution in [0.4, 0.5) is 22.0 Å². The van der Waals surface area contributed by atoms with Gasteiger partial charge in [0.15, 0.2) is 0 Å². The Morgan fingerprint density at radius 2 is 1.59 bits per heavy atom. The van der Waals surface area contributed by atoms with Crippen molar-refractivity contribution in [3.05, 3.63) is 76.0 Å². The molecule has 34 heavy (non-hydrogen) atoms. The lowest BCUT2D eigenvalue weighted by molar-refractivity contribution is -0.137. The maximum atomic E-state index is 12.8. The number of rotatable bonds is 5. The molecule has 0 unspecified atom stereocenters. The Balaban J connectivity index is 0.000000350. The highest BCUT2D eigenvalue weighted by atomic mass is 35.5. The first kappa shape index (κ1) is 29.2. The molecular weight excluding hydrogens is 503 g/mol. The zero-order valence-corrected chi connectivity index (χ0v) is 20.1. The highest BCUT2D eigenvalue weighted by Crippen LogP contribution is 2.35. The van der Waals surface area contributed by atoms with Gasteiger partial charge in [0.05, 0.1) is 10.6 Å². The van der Waals surface area contributed by atoms with E-state index in [9.17, 15) is 35.2 Å². The average molecular weight is 525 g/mol. The van der Waals surface area contributed by atoms with Crippen LogP contribution in [0.3, 0.4) is 0 Å². The van der Waals surface area contributed by atoms with Crippen LogP contribution in [-0.4, -0.2) is 20.5 Å². The molecule has 0 atom stereocenters. The maximum absolute atomic E-state index is 12.8. The third-order valence-corrected chi connectivity index (χ3v) is 5.87. The molecule has 0 aromatic heterocycles. The number of amides is 1. The van der Waals surface area contributed by atoms with Gasteiger partial charge in [0.25, 0.3) is 21.9 Å². The average Bonchev–Trinajstić information content (AvgIpc) is 2.70. The van der Waals surface area contributed by atoms with Gasteiger partial charge in [-0.2, -0.15) is 13.2 Å². The number of allylic oxidation sites excluding steroid dienone is 1. The number of benzene rings is 2. The van der Waals surface area contributed by atoms with Crippen molar-refractivity contribution in [1.82, 2.24) is 4.72 Å². The van der Waals surface area contributed by atoms with Crippen LogP contribution < -0.4 is 4.72 Å². The quantitative estimate of drug-likeness (QED) is 0.285. The molecule has 12 heteroatoms. The van der Waals surface area contributed by atoms with Crippen LogP contribution >= 0.6 is 11.6 Å². The van der Waals surface area contributed by atoms with Crippen molar-refractivity contribution in [3.8, 4) is 0 Å². The molecule has 0 heterocycles. The molecule has 0 aliphatic rings. The van der Waals surface area contributed by atoms with E-state index in [0.717, 1.165) is 12.1 Å². The number of nitrogens with zero attached hydrogens (tertiary/aromatic N) is 1. The Bertz CT molecular complexity index is 1160. The van der Waals surface area contributed by atoms with Crippen LogP contribution in [-0.2, 0) is 26.9 Å². The second-order valence-corrected chi connectivity index (χ2v) is 8.96. The molecule has 1 amide bonds. The van der Waals surface area contributed by atoms with E-state index in [0.29, 0.717) is 13.0 Å². The molecule has 1 N–H and O–H groups in total. The van der Waals surface area contributed by atoms with E-state index in [-0.39, 0.29) is 21.2 Å². The minimum atomic E-state index is -4.59. The number of carbonyl (C=O) groups excluding carboxylic acids is 1. The molecule has 0 aliphatic heterocycles. The first-order chi connectivity index (χ1) is 15.5. The van der Waals surface area contributed by atoms with Gasteiger partial charge >= 0.3 is 6.18 Å². The Morgan fingerprint density at radius 1 is 1.03 bits per heavy atom. The van der Waals surface area contributed by atoms with Gasteiger partial charge in [-0.15, -0.1) is 0 Å². The second kappa shape index (κ2) is 11.6. The van der Waals surface area contributed by atoms with E-state index in [1.54, 1.807) is 19.9 Å². The third-order valence-electron chi connectivity index (χ3n) is 4.04. The Labute approximate surface area is 199 Å². The molecule has 0 fully saturated rings. The highest BCUT2D eigenvalue weighted by Gasteiger charge is 2.34. The van der Waals surface area contributed by atoms with Crippen molar-refractivity contribution < 1.29 is 35.2 Å². The van der Waals surface area contributed by atoms with Crippen molar-refractivity contribution >= 4 is 33.7 Å². The molecule has 186 valence electrons. The highest BCUT2D eigenvalue weighted by molar-refractivity contribution is 7.90. The van der Waals surface area contributed by atoms with E-state index < -0.39 is 39.2 Å². The first-order valence-electron chi connectivity index (χ1n) is 9.56. The fourth-order valence-corrected chi connectivity index (χ4v) is 3.98. The van der Waals surface area contributed by atoms with E-state index in [1.165, 1.54) is 37.4 Å². The lowest BCUT2D eigenvalue weighted by atomic mass is 10.0. The zero-order chi connectivity index (χ0) is 26.3. The summed E-state index contributed by atoms with van der Waals surface area (Å²) in [4.78, 5) is 15.4. The Hall–Kier alpha value is -2.79. The smallest absolute Gasteiger partial charge is 0.266 e. The molecular formula is C22H22ClF5N2O3S. The van der Waals surface area contributed by atoms with Gasteiger partial charge in [-0.3, -0.25) is 9.79 Å².